The Morgan fingerprint density at radius 2 is 1.11 bits per heavy atom. The molecule has 3 aromatic heterocycles. The quantitative estimate of drug-likeness (QED) is 0.269. The summed E-state index contributed by atoms with van der Waals surface area (Å²) in [7, 11) is 0. The predicted octanol–water partition coefficient (Wildman–Crippen LogP) is 2.69. The molecule has 5 aromatic rings. The van der Waals surface area contributed by atoms with Gasteiger partial charge in [-0.1, -0.05) is 10.4 Å². The number of benzene rings is 2. The summed E-state index contributed by atoms with van der Waals surface area (Å²) in [4.78, 5) is 26.9. The number of aromatic carboxylic acids is 2. The van der Waals surface area contributed by atoms with E-state index < -0.39 is 23.4 Å². The highest BCUT2D eigenvalue weighted by Crippen LogP contribution is 2.26. The Balaban J connectivity index is 1.45. The average Bonchev–Trinajstić information content (AvgIpc) is 3.54. The van der Waals surface area contributed by atoms with Crippen molar-refractivity contribution in [3.05, 3.63) is 77.6 Å². The minimum atomic E-state index is -1.24. The number of rotatable bonds is 6. The molecule has 0 saturated carbocycles. The smallest absolute Gasteiger partial charge is 0.339 e. The van der Waals surface area contributed by atoms with E-state index in [4.69, 9.17) is 10.2 Å². The van der Waals surface area contributed by atoms with Crippen LogP contribution in [0.1, 0.15) is 26.3 Å². The third-order valence-corrected chi connectivity index (χ3v) is 5.43. The van der Waals surface area contributed by atoms with Crippen LogP contribution in [0.5, 0.6) is 11.5 Å². The van der Waals surface area contributed by atoms with Gasteiger partial charge in [-0.2, -0.15) is 0 Å². The van der Waals surface area contributed by atoms with Crippen molar-refractivity contribution >= 4 is 11.9 Å². The summed E-state index contributed by atoms with van der Waals surface area (Å²) in [5.41, 5.74) is 3.06. The Kier molecular flexibility index (Phi) is 5.56. The monoisotopic (exact) mass is 499 g/mol. The Morgan fingerprint density at radius 3 is 1.49 bits per heavy atom. The van der Waals surface area contributed by atoms with Crippen LogP contribution >= 0.6 is 0 Å². The molecule has 0 atom stereocenters. The zero-order chi connectivity index (χ0) is 26.3. The Morgan fingerprint density at radius 1 is 0.676 bits per heavy atom. The average molecular weight is 499 g/mol. The summed E-state index contributed by atoms with van der Waals surface area (Å²) in [5.74, 6) is -3.28. The number of nitrogens with zero attached hydrogens (tertiary/aromatic N) is 7. The van der Waals surface area contributed by atoms with E-state index in [1.807, 2.05) is 6.92 Å². The van der Waals surface area contributed by atoms with Crippen LogP contribution < -0.4 is 0 Å². The van der Waals surface area contributed by atoms with E-state index in [-0.39, 0.29) is 11.1 Å². The summed E-state index contributed by atoms with van der Waals surface area (Å²) in [6.45, 7) is 1.87. The molecule has 4 N–H and O–H groups in total. The van der Waals surface area contributed by atoms with Gasteiger partial charge in [0.15, 0.2) is 0 Å². The van der Waals surface area contributed by atoms with E-state index in [1.54, 1.807) is 24.5 Å². The first kappa shape index (κ1) is 23.2. The third-order valence-electron chi connectivity index (χ3n) is 5.43. The summed E-state index contributed by atoms with van der Waals surface area (Å²) in [5, 5.41) is 54.5. The summed E-state index contributed by atoms with van der Waals surface area (Å²) < 4.78 is 2.77. The highest BCUT2D eigenvalue weighted by Gasteiger charge is 2.16. The van der Waals surface area contributed by atoms with E-state index in [9.17, 15) is 19.8 Å². The number of hydrogen-bond acceptors (Lipinski definition) is 9. The van der Waals surface area contributed by atoms with E-state index >= 15 is 0 Å². The van der Waals surface area contributed by atoms with Crippen LogP contribution in [-0.4, -0.2) is 67.3 Å². The molecule has 13 nitrogen and oxygen atoms in total. The minimum absolute atomic E-state index is 0.227. The van der Waals surface area contributed by atoms with Crippen molar-refractivity contribution in [2.24, 2.45) is 0 Å². The second-order valence-electron chi connectivity index (χ2n) is 8.02. The maximum absolute atomic E-state index is 11.1. The summed E-state index contributed by atoms with van der Waals surface area (Å²) in [6, 6.07) is 11.7. The number of aromatic hydroxyl groups is 2. The second kappa shape index (κ2) is 8.88. The van der Waals surface area contributed by atoms with E-state index in [2.05, 4.69) is 25.6 Å². The van der Waals surface area contributed by atoms with Crippen molar-refractivity contribution in [2.45, 2.75) is 6.92 Å². The molecule has 0 unspecified atom stereocenters. The molecular formula is C24H17N7O6. The Labute approximate surface area is 207 Å². The molecule has 0 fully saturated rings. The van der Waals surface area contributed by atoms with Crippen LogP contribution in [-0.2, 0) is 0 Å². The van der Waals surface area contributed by atoms with Gasteiger partial charge in [0.25, 0.3) is 0 Å². The number of phenols is 2. The van der Waals surface area contributed by atoms with Crippen LogP contribution in [0.3, 0.4) is 0 Å². The standard InChI is InChI=1S/C24H17N7O6/c1-12-6-17(19-10-30(28-26-19)13-2-4-15(23(34)35)21(32)8-13)25-18(7-12)20-11-31(29-27-20)14-3-5-16(24(36)37)22(33)9-14/h2-11,32-33H,1H3,(H,34,35)(H,36,37). The maximum Gasteiger partial charge on any atom is 0.339 e. The molecule has 3 heterocycles. The zero-order valence-corrected chi connectivity index (χ0v) is 19.0. The largest absolute Gasteiger partial charge is 0.507 e. The number of carbonyl (C=O) groups is 2. The van der Waals surface area contributed by atoms with Gasteiger partial charge in [0, 0.05) is 12.1 Å². The van der Waals surface area contributed by atoms with E-state index in [0.29, 0.717) is 34.2 Å². The van der Waals surface area contributed by atoms with Crippen molar-refractivity contribution in [1.29, 1.82) is 0 Å². The molecule has 0 aliphatic carbocycles. The van der Waals surface area contributed by atoms with Crippen LogP contribution in [0, 0.1) is 6.92 Å². The fourth-order valence-corrected chi connectivity index (χ4v) is 3.63. The van der Waals surface area contributed by atoms with Gasteiger partial charge in [-0.15, -0.1) is 10.2 Å². The first-order chi connectivity index (χ1) is 17.7. The van der Waals surface area contributed by atoms with Crippen molar-refractivity contribution in [3.63, 3.8) is 0 Å². The van der Waals surface area contributed by atoms with Gasteiger partial charge in [-0.05, 0) is 48.9 Å². The zero-order valence-electron chi connectivity index (χ0n) is 19.0. The molecule has 5 rings (SSSR count). The molecule has 2 aromatic carbocycles. The van der Waals surface area contributed by atoms with Crippen molar-refractivity contribution in [2.75, 3.05) is 0 Å². The molecule has 13 heteroatoms. The highest BCUT2D eigenvalue weighted by molar-refractivity contribution is 5.91. The van der Waals surface area contributed by atoms with E-state index in [1.165, 1.54) is 45.8 Å². The fourth-order valence-electron chi connectivity index (χ4n) is 3.63. The molecule has 0 amide bonds. The molecule has 184 valence electrons. The number of carboxylic acid groups (broad SMARTS) is 2. The topological polar surface area (TPSA) is 189 Å². The number of pyridine rings is 1. The number of carboxylic acids is 2. The van der Waals surface area contributed by atoms with Crippen molar-refractivity contribution in [1.82, 2.24) is 35.0 Å². The Hall–Kier alpha value is -5.59. The molecule has 0 aliphatic rings. The van der Waals surface area contributed by atoms with Crippen molar-refractivity contribution < 1.29 is 30.0 Å². The molecule has 0 saturated heterocycles. The lowest BCUT2D eigenvalue weighted by Crippen LogP contribution is -2.00. The maximum atomic E-state index is 11.1. The van der Waals surface area contributed by atoms with Gasteiger partial charge in [-0.3, -0.25) is 0 Å². The summed E-state index contributed by atoms with van der Waals surface area (Å²) in [6.07, 6.45) is 3.18. The first-order valence-electron chi connectivity index (χ1n) is 10.7. The third kappa shape index (κ3) is 4.43. The number of aryl methyl sites for hydroxylation is 1. The molecule has 0 radical (unpaired) electrons. The fraction of sp³-hybridized carbons (Fsp3) is 0.0417. The lowest BCUT2D eigenvalue weighted by Gasteiger charge is -2.04. The van der Waals surface area contributed by atoms with Crippen molar-refractivity contribution in [3.8, 4) is 45.6 Å². The predicted molar refractivity (Wildman–Crippen MR) is 127 cm³/mol. The lowest BCUT2D eigenvalue weighted by molar-refractivity contribution is 0.0682. The van der Waals surface area contributed by atoms with Gasteiger partial charge in [0.05, 0.1) is 35.2 Å². The Bertz CT molecular complexity index is 1570. The lowest BCUT2D eigenvalue weighted by atomic mass is 10.1. The van der Waals surface area contributed by atoms with Gasteiger partial charge < -0.3 is 20.4 Å². The number of hydrogen-bond donors (Lipinski definition) is 4. The van der Waals surface area contributed by atoms with Gasteiger partial charge >= 0.3 is 11.9 Å². The SMILES string of the molecule is Cc1cc(-c2cn(-c3ccc(C(=O)O)c(O)c3)nn2)nc(-c2cn(-c3ccc(C(=O)O)c(O)c3)nn2)c1. The molecule has 0 aliphatic heterocycles. The van der Waals surface area contributed by atoms with Gasteiger partial charge in [0.2, 0.25) is 0 Å². The number of aromatic nitrogens is 7. The highest BCUT2D eigenvalue weighted by atomic mass is 16.4. The minimum Gasteiger partial charge on any atom is -0.507 e. The van der Waals surface area contributed by atoms with Gasteiger partial charge in [0.1, 0.15) is 34.0 Å². The second-order valence-corrected chi connectivity index (χ2v) is 8.02. The first-order valence-corrected chi connectivity index (χ1v) is 10.7. The molecule has 0 spiro atoms. The van der Waals surface area contributed by atoms with Crippen LogP contribution in [0.2, 0.25) is 0 Å². The normalized spacial score (nSPS) is 10.9. The summed E-state index contributed by atoms with van der Waals surface area (Å²) >= 11 is 0. The van der Waals surface area contributed by atoms with Crippen LogP contribution in [0.4, 0.5) is 0 Å². The van der Waals surface area contributed by atoms with Crippen LogP contribution in [0.25, 0.3) is 34.2 Å². The molecule has 37 heavy (non-hydrogen) atoms. The van der Waals surface area contributed by atoms with Gasteiger partial charge in [-0.25, -0.2) is 23.9 Å². The molecular weight excluding hydrogens is 482 g/mol. The molecule has 0 bridgehead atoms. The van der Waals surface area contributed by atoms with Crippen LogP contribution in [0.15, 0.2) is 60.9 Å². The van der Waals surface area contributed by atoms with E-state index in [0.717, 1.165) is 5.56 Å².